The molecule has 12 heteroatoms. The number of hydrogen-bond acceptors (Lipinski definition) is 7. The van der Waals surface area contributed by atoms with Gasteiger partial charge in [0, 0.05) is 44.4 Å². The average molecular weight is 490 g/mol. The number of nitro groups is 2. The molecule has 2 aromatic carbocycles. The molecule has 11 nitrogen and oxygen atoms in total. The summed E-state index contributed by atoms with van der Waals surface area (Å²) in [6.45, 7) is 5.07. The van der Waals surface area contributed by atoms with Crippen LogP contribution >= 0.6 is 11.6 Å². The number of nitrogens with one attached hydrogen (secondary N) is 1. The molecule has 180 valence electrons. The van der Waals surface area contributed by atoms with Crippen LogP contribution in [0.1, 0.15) is 24.2 Å². The summed E-state index contributed by atoms with van der Waals surface area (Å²) < 4.78 is 0. The van der Waals surface area contributed by atoms with E-state index in [-0.39, 0.29) is 33.8 Å². The molecule has 0 unspecified atom stereocenters. The van der Waals surface area contributed by atoms with Crippen LogP contribution in [0.3, 0.4) is 0 Å². The third kappa shape index (κ3) is 5.42. The van der Waals surface area contributed by atoms with E-state index >= 15 is 0 Å². The zero-order valence-corrected chi connectivity index (χ0v) is 19.4. The summed E-state index contributed by atoms with van der Waals surface area (Å²) in [5, 5.41) is 24.8. The van der Waals surface area contributed by atoms with E-state index in [1.54, 1.807) is 36.9 Å². The molecule has 2 aromatic rings. The van der Waals surface area contributed by atoms with Crippen LogP contribution < -0.4 is 10.2 Å². The normalized spacial score (nSPS) is 14.6. The Hall–Kier alpha value is -3.73. The first-order valence-electron chi connectivity index (χ1n) is 10.6. The highest BCUT2D eigenvalue weighted by molar-refractivity contribution is 6.34. The number of nitrogens with zero attached hydrogens (tertiary/aromatic N) is 4. The minimum atomic E-state index is -0.837. The monoisotopic (exact) mass is 489 g/mol. The molecule has 1 N–H and O–H groups in total. The van der Waals surface area contributed by atoms with E-state index in [0.717, 1.165) is 6.07 Å². The molecule has 0 aliphatic carbocycles. The van der Waals surface area contributed by atoms with Gasteiger partial charge in [-0.25, -0.2) is 0 Å². The molecule has 2 amide bonds. The average Bonchev–Trinajstić information content (AvgIpc) is 2.81. The van der Waals surface area contributed by atoms with Crippen LogP contribution in [0.5, 0.6) is 0 Å². The molecule has 0 saturated carbocycles. The van der Waals surface area contributed by atoms with Gasteiger partial charge in [-0.3, -0.25) is 29.8 Å². The van der Waals surface area contributed by atoms with Gasteiger partial charge in [-0.05, 0) is 18.1 Å². The summed E-state index contributed by atoms with van der Waals surface area (Å²) in [6, 6.07) is 9.14. The third-order valence-corrected chi connectivity index (χ3v) is 5.95. The van der Waals surface area contributed by atoms with Crippen molar-refractivity contribution in [2.45, 2.75) is 19.9 Å². The molecule has 1 aliphatic heterocycles. The maximum absolute atomic E-state index is 13.2. The lowest BCUT2D eigenvalue weighted by atomic mass is 10.0. The second-order valence-corrected chi connectivity index (χ2v) is 8.58. The predicted octanol–water partition coefficient (Wildman–Crippen LogP) is 3.26. The van der Waals surface area contributed by atoms with Gasteiger partial charge < -0.3 is 15.1 Å². The number of non-ortho nitro benzene ring substituents is 1. The van der Waals surface area contributed by atoms with E-state index in [9.17, 15) is 29.8 Å². The molecule has 1 heterocycles. The van der Waals surface area contributed by atoms with Crippen molar-refractivity contribution in [3.8, 4) is 0 Å². The second-order valence-electron chi connectivity index (χ2n) is 8.17. The zero-order chi connectivity index (χ0) is 25.0. The van der Waals surface area contributed by atoms with Crippen LogP contribution in [0, 0.1) is 26.1 Å². The standard InChI is InChI=1S/C22H24ClN5O6/c1-14(2)20(24-21(29)16-8-7-15(27(31)32)13-17(16)23)22(30)26-11-9-25(10-12-26)18-5-3-4-6-19(18)28(33)34/h3-8,13-14,20H,9-12H2,1-2H3,(H,24,29)/t20-/m0/s1. The summed E-state index contributed by atoms with van der Waals surface area (Å²) >= 11 is 6.05. The molecular weight excluding hydrogens is 466 g/mol. The Labute approximate surface area is 200 Å². The molecule has 0 bridgehead atoms. The highest BCUT2D eigenvalue weighted by Gasteiger charge is 2.32. The molecule has 1 atom stereocenters. The largest absolute Gasteiger partial charge is 0.362 e. The van der Waals surface area contributed by atoms with Crippen molar-refractivity contribution in [1.29, 1.82) is 0 Å². The first-order valence-corrected chi connectivity index (χ1v) is 11.0. The fourth-order valence-corrected chi connectivity index (χ4v) is 4.05. The van der Waals surface area contributed by atoms with Crippen LogP contribution in [0.25, 0.3) is 0 Å². The lowest BCUT2D eigenvalue weighted by Crippen LogP contribution is -2.56. The number of piperazine rings is 1. The molecule has 0 aromatic heterocycles. The fourth-order valence-electron chi connectivity index (χ4n) is 3.78. The van der Waals surface area contributed by atoms with Gasteiger partial charge in [0.1, 0.15) is 11.7 Å². The van der Waals surface area contributed by atoms with Gasteiger partial charge >= 0.3 is 0 Å². The number of hydrogen-bond donors (Lipinski definition) is 1. The number of benzene rings is 2. The van der Waals surface area contributed by atoms with E-state index in [0.29, 0.717) is 31.9 Å². The van der Waals surface area contributed by atoms with E-state index < -0.39 is 21.8 Å². The Bertz CT molecular complexity index is 1120. The van der Waals surface area contributed by atoms with Crippen molar-refractivity contribution in [2.24, 2.45) is 5.92 Å². The number of amides is 2. The van der Waals surface area contributed by atoms with Crippen LogP contribution in [-0.4, -0.2) is 58.8 Å². The summed E-state index contributed by atoms with van der Waals surface area (Å²) in [6.07, 6.45) is 0. The van der Waals surface area contributed by atoms with Crippen molar-refractivity contribution < 1.29 is 19.4 Å². The molecule has 1 fully saturated rings. The molecular formula is C22H24ClN5O6. The lowest BCUT2D eigenvalue weighted by Gasteiger charge is -2.38. The Kier molecular flexibility index (Phi) is 7.67. The highest BCUT2D eigenvalue weighted by atomic mass is 35.5. The third-order valence-electron chi connectivity index (χ3n) is 5.64. The Balaban J connectivity index is 1.69. The van der Waals surface area contributed by atoms with Crippen molar-refractivity contribution in [3.63, 3.8) is 0 Å². The van der Waals surface area contributed by atoms with E-state index in [1.165, 1.54) is 18.2 Å². The molecule has 0 spiro atoms. The van der Waals surface area contributed by atoms with E-state index in [1.807, 2.05) is 4.90 Å². The van der Waals surface area contributed by atoms with Crippen LogP contribution in [0.4, 0.5) is 17.1 Å². The fraction of sp³-hybridized carbons (Fsp3) is 0.364. The number of rotatable bonds is 7. The van der Waals surface area contributed by atoms with Crippen molar-refractivity contribution in [3.05, 3.63) is 73.3 Å². The number of halogens is 1. The Morgan fingerprint density at radius 3 is 2.21 bits per heavy atom. The first kappa shape index (κ1) is 24.9. The minimum absolute atomic E-state index is 0.00886. The summed E-state index contributed by atoms with van der Waals surface area (Å²) in [7, 11) is 0. The molecule has 34 heavy (non-hydrogen) atoms. The van der Waals surface area contributed by atoms with Crippen molar-refractivity contribution in [1.82, 2.24) is 10.2 Å². The topological polar surface area (TPSA) is 139 Å². The Morgan fingerprint density at radius 1 is 1.00 bits per heavy atom. The quantitative estimate of drug-likeness (QED) is 0.465. The van der Waals surface area contributed by atoms with Gasteiger partial charge in [0.25, 0.3) is 17.3 Å². The van der Waals surface area contributed by atoms with E-state index in [2.05, 4.69) is 5.32 Å². The molecule has 3 rings (SSSR count). The van der Waals surface area contributed by atoms with Crippen molar-refractivity contribution >= 4 is 40.5 Å². The first-order chi connectivity index (χ1) is 16.1. The minimum Gasteiger partial charge on any atom is -0.362 e. The van der Waals surface area contributed by atoms with E-state index in [4.69, 9.17) is 11.6 Å². The maximum atomic E-state index is 13.2. The molecule has 1 saturated heterocycles. The van der Waals surface area contributed by atoms with Gasteiger partial charge in [-0.1, -0.05) is 37.6 Å². The van der Waals surface area contributed by atoms with Gasteiger partial charge in [-0.15, -0.1) is 0 Å². The number of para-hydroxylation sites is 2. The highest BCUT2D eigenvalue weighted by Crippen LogP contribution is 2.28. The SMILES string of the molecule is CC(C)[C@H](NC(=O)c1ccc([N+](=O)[O-])cc1Cl)C(=O)N1CCN(c2ccccc2[N+](=O)[O-])CC1. The summed E-state index contributed by atoms with van der Waals surface area (Å²) in [4.78, 5) is 50.7. The summed E-state index contributed by atoms with van der Waals surface area (Å²) in [5.74, 6) is -1.12. The van der Waals surface area contributed by atoms with Crippen LogP contribution in [0.2, 0.25) is 5.02 Å². The predicted molar refractivity (Wildman–Crippen MR) is 126 cm³/mol. The zero-order valence-electron chi connectivity index (χ0n) is 18.6. The lowest BCUT2D eigenvalue weighted by molar-refractivity contribution is -0.384. The molecule has 0 radical (unpaired) electrons. The Morgan fingerprint density at radius 2 is 1.65 bits per heavy atom. The van der Waals surface area contributed by atoms with Gasteiger partial charge in [-0.2, -0.15) is 0 Å². The van der Waals surface area contributed by atoms with Crippen LogP contribution in [0.15, 0.2) is 42.5 Å². The second kappa shape index (κ2) is 10.5. The smallest absolute Gasteiger partial charge is 0.292 e. The van der Waals surface area contributed by atoms with Crippen LogP contribution in [-0.2, 0) is 4.79 Å². The number of carbonyl (C=O) groups excluding carboxylic acids is 2. The summed E-state index contributed by atoms with van der Waals surface area (Å²) in [5.41, 5.74) is 0.303. The number of carbonyl (C=O) groups is 2. The number of anilines is 1. The maximum Gasteiger partial charge on any atom is 0.292 e. The van der Waals surface area contributed by atoms with Gasteiger partial charge in [0.05, 0.1) is 20.4 Å². The van der Waals surface area contributed by atoms with Gasteiger partial charge in [0.15, 0.2) is 0 Å². The molecule has 1 aliphatic rings. The van der Waals surface area contributed by atoms with Gasteiger partial charge in [0.2, 0.25) is 5.91 Å². The van der Waals surface area contributed by atoms with Crippen molar-refractivity contribution in [2.75, 3.05) is 31.1 Å². The number of nitro benzene ring substituents is 2.